The Balaban J connectivity index is -0.000000147. The monoisotopic (exact) mass is 417 g/mol. The van der Waals surface area contributed by atoms with E-state index in [0.29, 0.717) is 0 Å². The first kappa shape index (κ1) is 30.9. The number of aromatic hydroxyl groups is 2. The molecule has 0 aliphatic rings. The molecule has 0 aliphatic heterocycles. The molecular formula is C12H18N2O11V. The number of hydrogen-bond acceptors (Lipinski definition) is 7. The zero-order valence-corrected chi connectivity index (χ0v) is 14.4. The Labute approximate surface area is 152 Å². The maximum absolute atomic E-state index is 10.2. The Morgan fingerprint density at radius 2 is 1.08 bits per heavy atom. The minimum absolute atomic E-state index is 0. The molecule has 0 radical (unpaired) electrons. The van der Waals surface area contributed by atoms with Gasteiger partial charge in [0.05, 0.1) is 0 Å². The van der Waals surface area contributed by atoms with E-state index in [9.17, 15) is 9.59 Å². The third-order valence-electron chi connectivity index (χ3n) is 1.98. The van der Waals surface area contributed by atoms with Crippen LogP contribution in [0.4, 0.5) is 0 Å². The second kappa shape index (κ2) is 16.9. The van der Waals surface area contributed by atoms with Gasteiger partial charge in [-0.25, -0.2) is 19.6 Å². The van der Waals surface area contributed by atoms with Crippen molar-refractivity contribution in [3.8, 4) is 11.5 Å². The predicted octanol–water partition coefficient (Wildman–Crippen LogP) is -2.45. The molecule has 2 aromatic rings. The number of rotatable bonds is 2. The predicted molar refractivity (Wildman–Crippen MR) is 80.9 cm³/mol. The zero-order valence-electron chi connectivity index (χ0n) is 12.8. The van der Waals surface area contributed by atoms with Crippen LogP contribution in [0.5, 0.6) is 11.5 Å². The molecule has 0 saturated carbocycles. The van der Waals surface area contributed by atoms with Gasteiger partial charge in [0, 0.05) is 12.4 Å². The molecule has 14 heteroatoms. The molecule has 2 rings (SSSR count). The molecule has 26 heavy (non-hydrogen) atoms. The van der Waals surface area contributed by atoms with Crippen LogP contribution in [-0.4, -0.2) is 62.8 Å². The Morgan fingerprint density at radius 3 is 1.23 bits per heavy atom. The number of aromatic nitrogens is 2. The summed E-state index contributed by atoms with van der Waals surface area (Å²) in [5.41, 5.74) is -0.634. The number of aromatic carboxylic acids is 2. The van der Waals surface area contributed by atoms with E-state index in [1.165, 1.54) is 36.7 Å². The molecule has 0 aromatic carbocycles. The molecule has 13 nitrogen and oxygen atoms in total. The summed E-state index contributed by atoms with van der Waals surface area (Å²) in [6, 6.07) is 5.47. The maximum atomic E-state index is 10.2. The van der Waals surface area contributed by atoms with Gasteiger partial charge in [0.2, 0.25) is 0 Å². The number of carboxylic acid groups (broad SMARTS) is 2. The van der Waals surface area contributed by atoms with Crippen LogP contribution in [0.25, 0.3) is 0 Å². The number of nitrogens with zero attached hydrogens (tertiary/aromatic N) is 2. The first-order valence-corrected chi connectivity index (χ1v) is 6.94. The summed E-state index contributed by atoms with van der Waals surface area (Å²) < 4.78 is 15.8. The quantitative estimate of drug-likeness (QED) is 0.344. The molecule has 0 saturated heterocycles. The average molecular weight is 417 g/mol. The van der Waals surface area contributed by atoms with E-state index in [1.54, 1.807) is 0 Å². The van der Waals surface area contributed by atoms with Crippen molar-refractivity contribution in [1.82, 2.24) is 9.97 Å². The van der Waals surface area contributed by atoms with Crippen molar-refractivity contribution < 1.29 is 70.7 Å². The van der Waals surface area contributed by atoms with Crippen LogP contribution in [0.15, 0.2) is 36.7 Å². The van der Waals surface area contributed by atoms with Crippen LogP contribution in [0, 0.1) is 0 Å². The molecule has 2 heterocycles. The summed E-state index contributed by atoms with van der Waals surface area (Å²) in [5.74, 6) is -3.07. The van der Waals surface area contributed by atoms with Crippen molar-refractivity contribution in [2.75, 3.05) is 0 Å². The number of carbonyl (C=O) groups is 2. The summed E-state index contributed by atoms with van der Waals surface area (Å²) >= 11 is -1.75. The van der Waals surface area contributed by atoms with Crippen LogP contribution < -0.4 is 0 Å². The number of hydrogen-bond donors (Lipinski definition) is 5. The molecule has 0 spiro atoms. The second-order valence-electron chi connectivity index (χ2n) is 3.44. The van der Waals surface area contributed by atoms with Crippen molar-refractivity contribution in [3.05, 3.63) is 48.0 Å². The molecule has 0 fully saturated rings. The normalized spacial score (nSPS) is 7.58. The summed E-state index contributed by atoms with van der Waals surface area (Å²) in [7, 11) is 0. The van der Waals surface area contributed by atoms with E-state index in [1.807, 2.05) is 0 Å². The van der Waals surface area contributed by atoms with Gasteiger partial charge in [-0.3, -0.25) is 0 Å². The fraction of sp³-hybridized carbons (Fsp3) is 0. The SMILES string of the molecule is O.O.O.O=C(O)c1ncccc1O.O=C(O)c1ncccc1O.[O]=[VH][OH]. The van der Waals surface area contributed by atoms with E-state index in [0.717, 1.165) is 0 Å². The summed E-state index contributed by atoms with van der Waals surface area (Å²) in [6.07, 6.45) is 2.62. The van der Waals surface area contributed by atoms with Gasteiger partial charge < -0.3 is 36.9 Å². The van der Waals surface area contributed by atoms with Crippen LogP contribution in [0.3, 0.4) is 0 Å². The van der Waals surface area contributed by atoms with Crippen molar-refractivity contribution >= 4 is 11.9 Å². The standard InChI is InChI=1S/2C6H5NO3.4H2O.O.V.H/c2*8-4-2-1-3-7-5(4)6(9)10;;;;;;;/h2*1-3,8H,(H,9,10);4*1H2;;;/q;;;;;;;+1;/p-1. The minimum atomic E-state index is -1.75. The van der Waals surface area contributed by atoms with Gasteiger partial charge in [0.25, 0.3) is 0 Å². The van der Waals surface area contributed by atoms with Crippen molar-refractivity contribution in [2.45, 2.75) is 0 Å². The molecule has 147 valence electrons. The van der Waals surface area contributed by atoms with Crippen LogP contribution in [0.1, 0.15) is 21.0 Å². The fourth-order valence-corrected chi connectivity index (χ4v) is 1.12. The van der Waals surface area contributed by atoms with Crippen molar-refractivity contribution in [2.24, 2.45) is 0 Å². The van der Waals surface area contributed by atoms with Crippen LogP contribution in [-0.2, 0) is 20.3 Å². The molecule has 11 N–H and O–H groups in total. The van der Waals surface area contributed by atoms with Gasteiger partial charge in [-0.1, -0.05) is 0 Å². The van der Waals surface area contributed by atoms with Gasteiger partial charge in [0.1, 0.15) is 11.5 Å². The average Bonchev–Trinajstić information content (AvgIpc) is 2.49. The van der Waals surface area contributed by atoms with Crippen molar-refractivity contribution in [1.29, 1.82) is 0 Å². The zero-order chi connectivity index (χ0) is 17.8. The number of pyridine rings is 2. The van der Waals surface area contributed by atoms with Crippen LogP contribution >= 0.6 is 0 Å². The first-order chi connectivity index (χ1) is 10.8. The van der Waals surface area contributed by atoms with Gasteiger partial charge >= 0.3 is 36.2 Å². The molecule has 2 aromatic heterocycles. The summed E-state index contributed by atoms with van der Waals surface area (Å²) in [5, 5.41) is 34.4. The Hall–Kier alpha value is -2.94. The summed E-state index contributed by atoms with van der Waals surface area (Å²) in [4.78, 5) is 27.3. The van der Waals surface area contributed by atoms with E-state index in [-0.39, 0.29) is 39.3 Å². The van der Waals surface area contributed by atoms with Gasteiger partial charge in [-0.15, -0.1) is 0 Å². The summed E-state index contributed by atoms with van der Waals surface area (Å²) in [6.45, 7) is 0. The van der Waals surface area contributed by atoms with Gasteiger partial charge in [-0.2, -0.15) is 0 Å². The number of carboxylic acids is 2. The third-order valence-corrected chi connectivity index (χ3v) is 1.98. The molecule has 0 amide bonds. The molecular weight excluding hydrogens is 399 g/mol. The molecule has 0 unspecified atom stereocenters. The Bertz CT molecular complexity index is 628. The molecule has 0 atom stereocenters. The van der Waals surface area contributed by atoms with Gasteiger partial charge in [-0.05, 0) is 24.3 Å². The van der Waals surface area contributed by atoms with E-state index < -0.39 is 28.5 Å². The molecule has 0 bridgehead atoms. The van der Waals surface area contributed by atoms with E-state index >= 15 is 0 Å². The Kier molecular flexibility index (Phi) is 20.1. The third kappa shape index (κ3) is 11.6. The first-order valence-electron chi connectivity index (χ1n) is 5.60. The fourth-order valence-electron chi connectivity index (χ4n) is 1.12. The van der Waals surface area contributed by atoms with Crippen molar-refractivity contribution in [3.63, 3.8) is 0 Å². The van der Waals surface area contributed by atoms with E-state index in [4.69, 9.17) is 28.1 Å². The second-order valence-corrected chi connectivity index (χ2v) is 3.73. The topological polar surface area (TPSA) is 273 Å². The Morgan fingerprint density at radius 1 is 0.808 bits per heavy atom. The van der Waals surface area contributed by atoms with E-state index in [2.05, 4.69) is 9.97 Å². The molecule has 0 aliphatic carbocycles. The van der Waals surface area contributed by atoms with Gasteiger partial charge in [0.15, 0.2) is 11.4 Å². The van der Waals surface area contributed by atoms with Crippen LogP contribution in [0.2, 0.25) is 0 Å².